The number of fused-ring (bicyclic) bond motifs is 16. The fraction of sp³-hybridized carbons (Fsp3) is 0.0571. The van der Waals surface area contributed by atoms with Crippen molar-refractivity contribution in [1.82, 2.24) is 0 Å². The molecule has 72 heavy (non-hydrogen) atoms. The van der Waals surface area contributed by atoms with E-state index in [2.05, 4.69) is 261 Å². The van der Waals surface area contributed by atoms with Crippen LogP contribution in [0.4, 0.5) is 17.1 Å². The lowest BCUT2D eigenvalue weighted by atomic mass is 9.70. The van der Waals surface area contributed by atoms with Gasteiger partial charge >= 0.3 is 0 Å². The molecular formula is C70H47NO. The van der Waals surface area contributed by atoms with Gasteiger partial charge in [0.05, 0.1) is 11.1 Å². The molecule has 1 atom stereocenters. The molecule has 1 heterocycles. The van der Waals surface area contributed by atoms with E-state index in [1.165, 1.54) is 89.0 Å². The summed E-state index contributed by atoms with van der Waals surface area (Å²) in [7, 11) is 0. The Labute approximate surface area is 419 Å². The molecule has 0 aliphatic heterocycles. The van der Waals surface area contributed by atoms with Crippen LogP contribution in [0.2, 0.25) is 0 Å². The van der Waals surface area contributed by atoms with Gasteiger partial charge in [0.15, 0.2) is 0 Å². The maximum atomic E-state index is 6.58. The number of rotatable bonds is 6. The molecule has 0 amide bonds. The van der Waals surface area contributed by atoms with Gasteiger partial charge in [-0.25, -0.2) is 0 Å². The van der Waals surface area contributed by atoms with Crippen molar-refractivity contribution in [3.05, 3.63) is 282 Å². The Kier molecular flexibility index (Phi) is 8.66. The van der Waals surface area contributed by atoms with Gasteiger partial charge in [-0.05, 0) is 138 Å². The average molecular weight is 918 g/mol. The zero-order chi connectivity index (χ0) is 47.7. The summed E-state index contributed by atoms with van der Waals surface area (Å²) in [5, 5.41) is 2.26. The van der Waals surface area contributed by atoms with Crippen LogP contribution in [0.1, 0.15) is 47.2 Å². The summed E-state index contributed by atoms with van der Waals surface area (Å²) in [6.45, 7) is 4.75. The maximum Gasteiger partial charge on any atom is 0.143 e. The molecule has 2 heteroatoms. The van der Waals surface area contributed by atoms with Gasteiger partial charge in [-0.1, -0.05) is 214 Å². The largest absolute Gasteiger partial charge is 0.455 e. The van der Waals surface area contributed by atoms with Crippen LogP contribution in [0.15, 0.2) is 253 Å². The molecular weight excluding hydrogens is 871 g/mol. The highest BCUT2D eigenvalue weighted by atomic mass is 16.3. The highest BCUT2D eigenvalue weighted by Gasteiger charge is 2.53. The Balaban J connectivity index is 0.995. The normalized spacial score (nSPS) is 15.2. The first-order valence-corrected chi connectivity index (χ1v) is 25.2. The van der Waals surface area contributed by atoms with E-state index in [1.807, 2.05) is 6.07 Å². The second-order valence-corrected chi connectivity index (χ2v) is 20.3. The number of furan rings is 1. The van der Waals surface area contributed by atoms with Crippen molar-refractivity contribution < 1.29 is 4.42 Å². The highest BCUT2D eigenvalue weighted by molar-refractivity contribution is 6.10. The maximum absolute atomic E-state index is 6.58. The lowest BCUT2D eigenvalue weighted by molar-refractivity contribution is 0.660. The van der Waals surface area contributed by atoms with Crippen LogP contribution in [0, 0.1) is 0 Å². The standard InChI is InChI=1S/C70H47NO/c1-69(2)59-26-12-9-21-52(59)54-40-37-50(43-62(54)69)71(49-35-31-46(32-36-49)51-24-15-25-57-56-23-11-14-30-66(56)72-68(51)57)65-29-16-28-61-67(65)58-39-34-48(45-19-7-4-8-20-45)42-64(58)70(61)60-27-13-10-22-53(60)55-38-33-47(41-63(55)70)44-17-5-3-6-18-44/h3-43H,1-2H3. The molecule has 1 unspecified atom stereocenters. The van der Waals surface area contributed by atoms with E-state index < -0.39 is 5.41 Å². The predicted octanol–water partition coefficient (Wildman–Crippen LogP) is 18.7. The minimum absolute atomic E-state index is 0.181. The molecule has 1 aromatic heterocycles. The number of hydrogen-bond acceptors (Lipinski definition) is 2. The number of anilines is 3. The van der Waals surface area contributed by atoms with Gasteiger partial charge in [0.25, 0.3) is 0 Å². The number of benzene rings is 11. The smallest absolute Gasteiger partial charge is 0.143 e. The minimum atomic E-state index is -0.593. The first kappa shape index (κ1) is 40.9. The van der Waals surface area contributed by atoms with Crippen LogP contribution in [0.25, 0.3) is 88.7 Å². The zero-order valence-corrected chi connectivity index (χ0v) is 40.0. The van der Waals surface area contributed by atoms with Crippen LogP contribution >= 0.6 is 0 Å². The summed E-state index contributed by atoms with van der Waals surface area (Å²) >= 11 is 0. The van der Waals surface area contributed by atoms with Crippen molar-refractivity contribution in [1.29, 1.82) is 0 Å². The quantitative estimate of drug-likeness (QED) is 0.165. The molecule has 0 radical (unpaired) electrons. The summed E-state index contributed by atoms with van der Waals surface area (Å²) in [5.74, 6) is 0. The Hall–Kier alpha value is -8.98. The topological polar surface area (TPSA) is 16.4 Å². The van der Waals surface area contributed by atoms with Crippen molar-refractivity contribution in [2.24, 2.45) is 0 Å². The van der Waals surface area contributed by atoms with Crippen LogP contribution < -0.4 is 4.90 Å². The third kappa shape index (κ3) is 5.66. The molecule has 11 aromatic carbocycles. The van der Waals surface area contributed by atoms with Gasteiger partial charge in [0.2, 0.25) is 0 Å². The SMILES string of the molecule is CC1(C)c2ccccc2-c2ccc(N(c3ccc(-c4cccc5c4oc4ccccc45)cc3)c3cccc4c3-c3ccc(-c5ccccc5)cc3C43c4ccccc4-c4ccc(-c5ccccc5)cc43)cc21. The van der Waals surface area contributed by atoms with E-state index in [1.54, 1.807) is 0 Å². The lowest BCUT2D eigenvalue weighted by Crippen LogP contribution is -2.26. The van der Waals surface area contributed by atoms with Crippen LogP contribution in [0.3, 0.4) is 0 Å². The van der Waals surface area contributed by atoms with Gasteiger partial charge in [-0.2, -0.15) is 0 Å². The lowest BCUT2D eigenvalue weighted by Gasteiger charge is -2.32. The van der Waals surface area contributed by atoms with Gasteiger partial charge < -0.3 is 9.32 Å². The first-order chi connectivity index (χ1) is 35.5. The third-order valence-electron chi connectivity index (χ3n) is 16.3. The summed E-state index contributed by atoms with van der Waals surface area (Å²) in [5.41, 5.74) is 27.1. The fourth-order valence-corrected chi connectivity index (χ4v) is 13.0. The minimum Gasteiger partial charge on any atom is -0.455 e. The summed E-state index contributed by atoms with van der Waals surface area (Å²) < 4.78 is 6.58. The van der Waals surface area contributed by atoms with Gasteiger partial charge in [-0.15, -0.1) is 0 Å². The Morgan fingerprint density at radius 1 is 0.319 bits per heavy atom. The van der Waals surface area contributed by atoms with Crippen molar-refractivity contribution in [3.63, 3.8) is 0 Å². The van der Waals surface area contributed by atoms with Gasteiger partial charge in [0, 0.05) is 38.7 Å². The van der Waals surface area contributed by atoms with E-state index >= 15 is 0 Å². The molecule has 12 aromatic rings. The number of hydrogen-bond donors (Lipinski definition) is 0. The van der Waals surface area contributed by atoms with E-state index in [0.29, 0.717) is 0 Å². The molecule has 0 fully saturated rings. The molecule has 1 spiro atoms. The third-order valence-corrected chi connectivity index (χ3v) is 16.3. The summed E-state index contributed by atoms with van der Waals surface area (Å²) in [4.78, 5) is 2.53. The van der Waals surface area contributed by atoms with E-state index in [9.17, 15) is 0 Å². The summed E-state index contributed by atoms with van der Waals surface area (Å²) in [6.07, 6.45) is 0. The zero-order valence-electron chi connectivity index (χ0n) is 40.0. The van der Waals surface area contributed by atoms with Gasteiger partial charge in [-0.3, -0.25) is 0 Å². The summed E-state index contributed by atoms with van der Waals surface area (Å²) in [6, 6.07) is 92.5. The van der Waals surface area contributed by atoms with E-state index in [0.717, 1.165) is 50.1 Å². The van der Waals surface area contributed by atoms with E-state index in [-0.39, 0.29) is 5.41 Å². The van der Waals surface area contributed by atoms with Crippen molar-refractivity contribution in [3.8, 4) is 66.8 Å². The molecule has 0 saturated carbocycles. The molecule has 3 aliphatic carbocycles. The fourth-order valence-electron chi connectivity index (χ4n) is 13.0. The van der Waals surface area contributed by atoms with Crippen molar-refractivity contribution >= 4 is 39.0 Å². The molecule has 0 bridgehead atoms. The Morgan fingerprint density at radius 3 is 1.58 bits per heavy atom. The van der Waals surface area contributed by atoms with Crippen molar-refractivity contribution in [2.75, 3.05) is 4.90 Å². The highest BCUT2D eigenvalue weighted by Crippen LogP contribution is 2.66. The molecule has 0 saturated heterocycles. The van der Waals surface area contributed by atoms with Crippen LogP contribution in [-0.2, 0) is 10.8 Å². The van der Waals surface area contributed by atoms with Gasteiger partial charge in [0.1, 0.15) is 11.2 Å². The van der Waals surface area contributed by atoms with E-state index in [4.69, 9.17) is 4.42 Å². The van der Waals surface area contributed by atoms with Crippen molar-refractivity contribution in [2.45, 2.75) is 24.7 Å². The molecule has 3 aliphatic rings. The Bertz CT molecular complexity index is 4180. The molecule has 2 nitrogen and oxygen atoms in total. The molecule has 15 rings (SSSR count). The second-order valence-electron chi connectivity index (χ2n) is 20.3. The average Bonchev–Trinajstić information content (AvgIpc) is 4.14. The van der Waals surface area contributed by atoms with Crippen LogP contribution in [-0.4, -0.2) is 0 Å². The molecule has 0 N–H and O–H groups in total. The molecule has 338 valence electrons. The monoisotopic (exact) mass is 917 g/mol. The Morgan fingerprint density at radius 2 is 0.833 bits per heavy atom. The number of nitrogens with zero attached hydrogens (tertiary/aromatic N) is 1. The predicted molar refractivity (Wildman–Crippen MR) is 299 cm³/mol. The van der Waals surface area contributed by atoms with Crippen LogP contribution in [0.5, 0.6) is 0 Å². The number of para-hydroxylation sites is 2. The second kappa shape index (κ2) is 15.3. The first-order valence-electron chi connectivity index (χ1n) is 25.2.